The lowest BCUT2D eigenvalue weighted by Crippen LogP contribution is -2.39. The van der Waals surface area contributed by atoms with E-state index in [1.165, 1.54) is 20.6 Å². The molecule has 106 valence electrons. The molecule has 0 saturated heterocycles. The molecule has 1 aliphatic rings. The lowest BCUT2D eigenvalue weighted by molar-refractivity contribution is 0.282. The molecule has 2 N–H and O–H groups in total. The molecule has 0 amide bonds. The minimum Gasteiger partial charge on any atom is -0.492 e. The van der Waals surface area contributed by atoms with Gasteiger partial charge in [-0.3, -0.25) is 0 Å². The zero-order valence-electron chi connectivity index (χ0n) is 11.9. The van der Waals surface area contributed by atoms with Gasteiger partial charge in [0.15, 0.2) is 17.3 Å². The molecule has 19 heavy (non-hydrogen) atoms. The van der Waals surface area contributed by atoms with Gasteiger partial charge in [-0.2, -0.15) is 0 Å². The van der Waals surface area contributed by atoms with Gasteiger partial charge in [0.1, 0.15) is 0 Å². The summed E-state index contributed by atoms with van der Waals surface area (Å²) >= 11 is 0. The topological polar surface area (TPSA) is 44.5 Å². The van der Waals surface area contributed by atoms with Crippen molar-refractivity contribution in [3.63, 3.8) is 0 Å². The van der Waals surface area contributed by atoms with Crippen molar-refractivity contribution in [3.8, 4) is 11.5 Å². The van der Waals surface area contributed by atoms with Crippen molar-refractivity contribution in [1.82, 2.24) is 0 Å². The van der Waals surface area contributed by atoms with Crippen LogP contribution in [0.25, 0.3) is 0 Å². The van der Waals surface area contributed by atoms with Crippen molar-refractivity contribution in [1.29, 1.82) is 0 Å². The minimum atomic E-state index is -0.577. The Morgan fingerprint density at radius 1 is 1.11 bits per heavy atom. The monoisotopic (exact) mass is 267 g/mol. The van der Waals surface area contributed by atoms with Gasteiger partial charge in [0.05, 0.1) is 14.2 Å². The van der Waals surface area contributed by atoms with Gasteiger partial charge in [0.2, 0.25) is 0 Å². The Morgan fingerprint density at radius 2 is 1.68 bits per heavy atom. The number of rotatable bonds is 3. The molecule has 0 spiro atoms. The number of benzene rings is 1. The molecule has 1 aromatic carbocycles. The Bertz CT molecular complexity index is 468. The van der Waals surface area contributed by atoms with Crippen LogP contribution in [-0.2, 0) is 5.54 Å². The lowest BCUT2D eigenvalue weighted by atomic mass is 9.76. The van der Waals surface area contributed by atoms with Gasteiger partial charge >= 0.3 is 0 Å². The summed E-state index contributed by atoms with van der Waals surface area (Å²) in [7, 11) is 2.97. The fourth-order valence-corrected chi connectivity index (χ4v) is 3.00. The van der Waals surface area contributed by atoms with E-state index in [0.717, 1.165) is 31.2 Å². The highest BCUT2D eigenvalue weighted by atomic mass is 19.1. The normalized spacial score (nSPS) is 18.2. The Morgan fingerprint density at radius 3 is 2.21 bits per heavy atom. The van der Waals surface area contributed by atoms with Crippen molar-refractivity contribution in [3.05, 3.63) is 23.0 Å². The van der Waals surface area contributed by atoms with Gasteiger partial charge in [0.25, 0.3) is 0 Å². The number of halogens is 1. The SMILES string of the molecule is COc1c(C)cc(C2(N)CCCCC2)c(F)c1OC. The molecule has 1 aliphatic carbocycles. The molecule has 1 fully saturated rings. The van der Waals surface area contributed by atoms with Gasteiger partial charge in [-0.1, -0.05) is 19.3 Å². The van der Waals surface area contributed by atoms with E-state index < -0.39 is 5.54 Å². The maximum Gasteiger partial charge on any atom is 0.197 e. The number of nitrogens with two attached hydrogens (primary N) is 1. The maximum absolute atomic E-state index is 14.6. The van der Waals surface area contributed by atoms with Crippen LogP contribution >= 0.6 is 0 Å². The number of hydrogen-bond donors (Lipinski definition) is 1. The molecule has 0 unspecified atom stereocenters. The van der Waals surface area contributed by atoms with E-state index >= 15 is 0 Å². The van der Waals surface area contributed by atoms with Crippen LogP contribution in [0.5, 0.6) is 11.5 Å². The first-order valence-corrected chi connectivity index (χ1v) is 6.74. The smallest absolute Gasteiger partial charge is 0.197 e. The third-order valence-electron chi connectivity index (χ3n) is 4.05. The van der Waals surface area contributed by atoms with E-state index in [2.05, 4.69) is 0 Å². The quantitative estimate of drug-likeness (QED) is 0.914. The molecule has 0 aromatic heterocycles. The van der Waals surface area contributed by atoms with Crippen LogP contribution in [0.2, 0.25) is 0 Å². The molecule has 1 saturated carbocycles. The first-order chi connectivity index (χ1) is 9.03. The molecule has 0 atom stereocenters. The van der Waals surface area contributed by atoms with Crippen LogP contribution in [0.3, 0.4) is 0 Å². The van der Waals surface area contributed by atoms with Gasteiger partial charge < -0.3 is 15.2 Å². The zero-order valence-corrected chi connectivity index (χ0v) is 11.9. The van der Waals surface area contributed by atoms with Crippen LogP contribution in [0.1, 0.15) is 43.2 Å². The van der Waals surface area contributed by atoms with Crippen molar-refractivity contribution >= 4 is 0 Å². The summed E-state index contributed by atoms with van der Waals surface area (Å²) in [6, 6.07) is 1.81. The number of ether oxygens (including phenoxy) is 2. The number of methoxy groups -OCH3 is 2. The molecule has 4 heteroatoms. The van der Waals surface area contributed by atoms with Gasteiger partial charge in [0, 0.05) is 11.1 Å². The first kappa shape index (κ1) is 14.1. The maximum atomic E-state index is 14.6. The van der Waals surface area contributed by atoms with E-state index in [1.54, 1.807) is 0 Å². The predicted octanol–water partition coefficient (Wildman–Crippen LogP) is 3.27. The van der Waals surface area contributed by atoms with Crippen molar-refractivity contribution in [2.24, 2.45) is 5.73 Å². The van der Waals surface area contributed by atoms with Crippen LogP contribution in [-0.4, -0.2) is 14.2 Å². The second-order valence-electron chi connectivity index (χ2n) is 5.34. The number of hydrogen-bond acceptors (Lipinski definition) is 3. The van der Waals surface area contributed by atoms with Crippen LogP contribution in [0, 0.1) is 12.7 Å². The summed E-state index contributed by atoms with van der Waals surface area (Å²) in [4.78, 5) is 0. The first-order valence-electron chi connectivity index (χ1n) is 6.74. The second kappa shape index (κ2) is 5.37. The molecule has 3 nitrogen and oxygen atoms in total. The molecular formula is C15H22FNO2. The van der Waals surface area contributed by atoms with Crippen molar-refractivity contribution in [2.75, 3.05) is 14.2 Å². The van der Waals surface area contributed by atoms with Gasteiger partial charge in [-0.15, -0.1) is 0 Å². The summed E-state index contributed by atoms with van der Waals surface area (Å²) < 4.78 is 25.0. The third-order valence-corrected chi connectivity index (χ3v) is 4.05. The minimum absolute atomic E-state index is 0.160. The van der Waals surface area contributed by atoms with E-state index in [9.17, 15) is 4.39 Å². The highest BCUT2D eigenvalue weighted by Gasteiger charge is 2.34. The number of aryl methyl sites for hydroxylation is 1. The van der Waals surface area contributed by atoms with Crippen molar-refractivity contribution < 1.29 is 13.9 Å². The Hall–Kier alpha value is -1.29. The standard InChI is InChI=1S/C15H22FNO2/c1-10-9-11(15(17)7-5-4-6-8-15)12(16)14(19-3)13(10)18-2/h9H,4-8,17H2,1-3H3. The summed E-state index contributed by atoms with van der Waals surface area (Å²) in [5.74, 6) is 0.227. The van der Waals surface area contributed by atoms with Crippen LogP contribution in [0.15, 0.2) is 6.07 Å². The largest absolute Gasteiger partial charge is 0.492 e. The molecule has 1 aromatic rings. The lowest BCUT2D eigenvalue weighted by Gasteiger charge is -2.35. The molecule has 0 radical (unpaired) electrons. The van der Waals surface area contributed by atoms with E-state index in [1.807, 2.05) is 13.0 Å². The average Bonchev–Trinajstić information content (AvgIpc) is 2.41. The Kier molecular flexibility index (Phi) is 3.99. The summed E-state index contributed by atoms with van der Waals surface area (Å²) in [5.41, 5.74) is 7.26. The highest BCUT2D eigenvalue weighted by Crippen LogP contribution is 2.43. The zero-order chi connectivity index (χ0) is 14.0. The summed E-state index contributed by atoms with van der Waals surface area (Å²) in [6.07, 6.45) is 4.90. The average molecular weight is 267 g/mol. The molecular weight excluding hydrogens is 245 g/mol. The Labute approximate surface area is 113 Å². The second-order valence-corrected chi connectivity index (χ2v) is 5.34. The highest BCUT2D eigenvalue weighted by molar-refractivity contribution is 5.52. The van der Waals surface area contributed by atoms with E-state index in [0.29, 0.717) is 11.3 Å². The fourth-order valence-electron chi connectivity index (χ4n) is 3.00. The van der Waals surface area contributed by atoms with E-state index in [4.69, 9.17) is 15.2 Å². The molecule has 0 heterocycles. The molecule has 0 bridgehead atoms. The Balaban J connectivity index is 2.55. The van der Waals surface area contributed by atoms with Gasteiger partial charge in [-0.25, -0.2) is 4.39 Å². The third kappa shape index (κ3) is 2.41. The van der Waals surface area contributed by atoms with Crippen LogP contribution < -0.4 is 15.2 Å². The van der Waals surface area contributed by atoms with Gasteiger partial charge in [-0.05, 0) is 31.4 Å². The van der Waals surface area contributed by atoms with Crippen LogP contribution in [0.4, 0.5) is 4.39 Å². The fraction of sp³-hybridized carbons (Fsp3) is 0.600. The molecule has 2 rings (SSSR count). The van der Waals surface area contributed by atoms with Crippen molar-refractivity contribution in [2.45, 2.75) is 44.6 Å². The molecule has 0 aliphatic heterocycles. The van der Waals surface area contributed by atoms with E-state index in [-0.39, 0.29) is 11.6 Å². The summed E-state index contributed by atoms with van der Waals surface area (Å²) in [6.45, 7) is 1.89. The summed E-state index contributed by atoms with van der Waals surface area (Å²) in [5, 5.41) is 0. The predicted molar refractivity (Wildman–Crippen MR) is 73.2 cm³/mol.